The highest BCUT2D eigenvalue weighted by molar-refractivity contribution is 5.98. The molecule has 1 aliphatic carbocycles. The van der Waals surface area contributed by atoms with Gasteiger partial charge in [-0.1, -0.05) is 18.2 Å². The van der Waals surface area contributed by atoms with Crippen LogP contribution in [0.25, 0.3) is 11.3 Å². The first-order valence-corrected chi connectivity index (χ1v) is 13.0. The number of carbonyl (C=O) groups is 3. The van der Waals surface area contributed by atoms with E-state index >= 15 is 0 Å². The van der Waals surface area contributed by atoms with Gasteiger partial charge in [0.05, 0.1) is 23.6 Å². The third-order valence-corrected chi connectivity index (χ3v) is 6.98. The van der Waals surface area contributed by atoms with Gasteiger partial charge in [0.15, 0.2) is 0 Å². The zero-order chi connectivity index (χ0) is 26.6. The molecular weight excluding hydrogens is 480 g/mol. The van der Waals surface area contributed by atoms with Crippen molar-refractivity contribution in [2.24, 2.45) is 5.73 Å². The van der Waals surface area contributed by atoms with E-state index in [0.29, 0.717) is 47.7 Å². The molecule has 38 heavy (non-hydrogen) atoms. The van der Waals surface area contributed by atoms with Crippen LogP contribution < -0.4 is 21.7 Å². The molecule has 0 fully saturated rings. The highest BCUT2D eigenvalue weighted by Gasteiger charge is 2.22. The van der Waals surface area contributed by atoms with Crippen LogP contribution in [0.2, 0.25) is 0 Å². The van der Waals surface area contributed by atoms with Gasteiger partial charge in [-0.15, -0.1) is 0 Å². The predicted molar refractivity (Wildman–Crippen MR) is 146 cm³/mol. The van der Waals surface area contributed by atoms with Crippen LogP contribution in [-0.2, 0) is 16.0 Å². The normalized spacial score (nSPS) is 19.9. The van der Waals surface area contributed by atoms with Crippen molar-refractivity contribution in [3.05, 3.63) is 77.3 Å². The van der Waals surface area contributed by atoms with E-state index in [1.54, 1.807) is 18.3 Å². The first-order valence-electron chi connectivity index (χ1n) is 13.0. The quantitative estimate of drug-likeness (QED) is 0.328. The van der Waals surface area contributed by atoms with Gasteiger partial charge in [0, 0.05) is 36.2 Å². The van der Waals surface area contributed by atoms with Crippen molar-refractivity contribution in [1.29, 1.82) is 0 Å². The highest BCUT2D eigenvalue weighted by atomic mass is 16.2. The number of hydrogen-bond donors (Lipinski definition) is 5. The Balaban J connectivity index is 1.44. The van der Waals surface area contributed by atoms with Crippen molar-refractivity contribution < 1.29 is 14.4 Å². The third-order valence-electron chi connectivity index (χ3n) is 6.98. The minimum absolute atomic E-state index is 0.0245. The molecule has 1 aliphatic heterocycles. The first-order chi connectivity index (χ1) is 18.4. The molecule has 5 rings (SSSR count). The minimum atomic E-state index is -0.391. The molecule has 2 heterocycles. The van der Waals surface area contributed by atoms with Crippen LogP contribution in [0.4, 0.5) is 11.4 Å². The molecule has 9 nitrogen and oxygen atoms in total. The Hall–Kier alpha value is -4.24. The number of imidazole rings is 1. The number of nitrogens with one attached hydrogen (secondary N) is 4. The van der Waals surface area contributed by atoms with Gasteiger partial charge in [-0.25, -0.2) is 4.98 Å². The lowest BCUT2D eigenvalue weighted by atomic mass is 9.87. The zero-order valence-corrected chi connectivity index (χ0v) is 21.3. The van der Waals surface area contributed by atoms with Gasteiger partial charge in [-0.3, -0.25) is 14.4 Å². The maximum atomic E-state index is 13.3. The van der Waals surface area contributed by atoms with Crippen LogP contribution in [0.1, 0.15) is 78.4 Å². The summed E-state index contributed by atoms with van der Waals surface area (Å²) >= 11 is 0. The van der Waals surface area contributed by atoms with Crippen molar-refractivity contribution in [2.45, 2.75) is 57.5 Å². The molecule has 0 unspecified atom stereocenters. The highest BCUT2D eigenvalue weighted by Crippen LogP contribution is 2.32. The summed E-state index contributed by atoms with van der Waals surface area (Å²) in [5, 5.41) is 8.84. The molecule has 1 aromatic heterocycles. The molecule has 2 atom stereocenters. The van der Waals surface area contributed by atoms with Crippen LogP contribution in [0.15, 0.2) is 54.7 Å². The number of hydrogen-bond acceptors (Lipinski definition) is 5. The molecule has 2 aliphatic rings. The maximum absolute atomic E-state index is 13.3. The molecule has 3 aromatic rings. The lowest BCUT2D eigenvalue weighted by Gasteiger charge is -2.23. The number of rotatable bonds is 3. The molecular formula is C29H32N6O3. The number of aromatic amines is 1. The van der Waals surface area contributed by atoms with Crippen LogP contribution in [0.5, 0.6) is 0 Å². The second-order valence-corrected chi connectivity index (χ2v) is 9.86. The summed E-state index contributed by atoms with van der Waals surface area (Å²) in [7, 11) is 0. The van der Waals surface area contributed by atoms with E-state index in [1.165, 1.54) is 6.92 Å². The van der Waals surface area contributed by atoms with Crippen molar-refractivity contribution in [1.82, 2.24) is 15.3 Å². The van der Waals surface area contributed by atoms with Gasteiger partial charge in [0.1, 0.15) is 5.82 Å². The maximum Gasteiger partial charge on any atom is 0.251 e. The molecule has 9 heteroatoms. The second-order valence-electron chi connectivity index (χ2n) is 9.86. The summed E-state index contributed by atoms with van der Waals surface area (Å²) in [5.74, 6) is 0.104. The molecule has 0 saturated heterocycles. The summed E-state index contributed by atoms with van der Waals surface area (Å²) in [6.45, 7) is 1.43. The van der Waals surface area contributed by atoms with Crippen molar-refractivity contribution in [3.8, 4) is 11.3 Å². The Bertz CT molecular complexity index is 1410. The van der Waals surface area contributed by atoms with Gasteiger partial charge in [-0.05, 0) is 73.6 Å². The van der Waals surface area contributed by atoms with E-state index < -0.39 is 6.04 Å². The molecule has 196 valence electrons. The topological polar surface area (TPSA) is 142 Å². The Morgan fingerprint density at radius 1 is 1.11 bits per heavy atom. The zero-order valence-electron chi connectivity index (χ0n) is 21.3. The number of benzene rings is 2. The van der Waals surface area contributed by atoms with E-state index in [-0.39, 0.29) is 23.8 Å². The summed E-state index contributed by atoms with van der Waals surface area (Å²) < 4.78 is 0. The average Bonchev–Trinajstić information content (AvgIpc) is 3.37. The number of aromatic nitrogens is 2. The monoisotopic (exact) mass is 512 g/mol. The van der Waals surface area contributed by atoms with Crippen molar-refractivity contribution in [3.63, 3.8) is 0 Å². The van der Waals surface area contributed by atoms with E-state index in [0.717, 1.165) is 36.0 Å². The molecule has 2 aromatic carbocycles. The summed E-state index contributed by atoms with van der Waals surface area (Å²) in [6, 6.07) is 10.7. The largest absolute Gasteiger partial charge is 0.342 e. The Kier molecular flexibility index (Phi) is 7.37. The number of amides is 3. The first kappa shape index (κ1) is 25.4. The standard InChI is InChI=1S/C29H32N6O3/c1-17(36)32-20-11-13-22-25(15-20)33-27(37)9-4-2-3-8-24(28-31-16-26(22)34-28)35-29(38)19-10-12-21-18(14-19)6-5-7-23(21)30/h2-3,10-16,23-24H,4-9,30H2,1H3,(H,31,34)(H,32,36)(H,33,37)(H,35,38)/b3-2+/t23-,24+/m1/s1. The fourth-order valence-corrected chi connectivity index (χ4v) is 5.07. The Morgan fingerprint density at radius 2 is 1.97 bits per heavy atom. The van der Waals surface area contributed by atoms with Gasteiger partial charge in [0.25, 0.3) is 5.91 Å². The van der Waals surface area contributed by atoms with E-state index in [4.69, 9.17) is 5.73 Å². The van der Waals surface area contributed by atoms with Crippen LogP contribution in [0.3, 0.4) is 0 Å². The summed E-state index contributed by atoms with van der Waals surface area (Å²) in [5.41, 5.74) is 11.7. The predicted octanol–water partition coefficient (Wildman–Crippen LogP) is 4.52. The van der Waals surface area contributed by atoms with Crippen molar-refractivity contribution in [2.75, 3.05) is 10.6 Å². The van der Waals surface area contributed by atoms with Gasteiger partial charge < -0.3 is 26.7 Å². The number of nitrogens with two attached hydrogens (primary N) is 1. The lowest BCUT2D eigenvalue weighted by Crippen LogP contribution is -2.29. The minimum Gasteiger partial charge on any atom is -0.342 e. The smallest absolute Gasteiger partial charge is 0.251 e. The summed E-state index contributed by atoms with van der Waals surface area (Å²) in [4.78, 5) is 45.4. The van der Waals surface area contributed by atoms with Crippen LogP contribution in [-0.4, -0.2) is 27.7 Å². The number of carbonyl (C=O) groups excluding carboxylic acids is 3. The van der Waals surface area contributed by atoms with Gasteiger partial charge >= 0.3 is 0 Å². The number of anilines is 2. The Labute approximate surface area is 221 Å². The second kappa shape index (κ2) is 11.0. The van der Waals surface area contributed by atoms with E-state index in [1.807, 2.05) is 36.4 Å². The Morgan fingerprint density at radius 3 is 2.82 bits per heavy atom. The van der Waals surface area contributed by atoms with Crippen LogP contribution >= 0.6 is 0 Å². The number of nitrogens with zero attached hydrogens (tertiary/aromatic N) is 1. The number of aryl methyl sites for hydroxylation is 1. The van der Waals surface area contributed by atoms with E-state index in [9.17, 15) is 14.4 Å². The molecule has 2 bridgehead atoms. The molecule has 6 N–H and O–H groups in total. The molecule has 0 radical (unpaired) electrons. The van der Waals surface area contributed by atoms with Crippen molar-refractivity contribution >= 4 is 29.1 Å². The molecule has 3 amide bonds. The van der Waals surface area contributed by atoms with Gasteiger partial charge in [-0.2, -0.15) is 0 Å². The number of H-pyrrole nitrogens is 1. The molecule has 0 spiro atoms. The lowest BCUT2D eigenvalue weighted by molar-refractivity contribution is -0.116. The SMILES string of the molecule is CC(=O)Nc1ccc2c(c1)NC(=O)CC/C=C/C[C@H](NC(=O)c1ccc3c(c1)CCC[C@H]3N)c1ncc-2[nH]1. The third kappa shape index (κ3) is 5.68. The van der Waals surface area contributed by atoms with Gasteiger partial charge in [0.2, 0.25) is 11.8 Å². The number of allylic oxidation sites excluding steroid dienone is 1. The fourth-order valence-electron chi connectivity index (χ4n) is 5.07. The van der Waals surface area contributed by atoms with E-state index in [2.05, 4.69) is 25.9 Å². The average molecular weight is 513 g/mol. The summed E-state index contributed by atoms with van der Waals surface area (Å²) in [6.07, 6.45) is 9.88. The van der Waals surface area contributed by atoms with Crippen LogP contribution in [0, 0.1) is 0 Å². The number of fused-ring (bicyclic) bond motifs is 5. The fraction of sp³-hybridized carbons (Fsp3) is 0.310. The molecule has 0 saturated carbocycles.